The van der Waals surface area contributed by atoms with Crippen molar-refractivity contribution in [2.45, 2.75) is 39.8 Å². The van der Waals surface area contributed by atoms with Gasteiger partial charge in [-0.1, -0.05) is 51.1 Å². The second-order valence-corrected chi connectivity index (χ2v) is 8.40. The molecule has 0 saturated carbocycles. The van der Waals surface area contributed by atoms with Gasteiger partial charge in [-0.15, -0.1) is 0 Å². The van der Waals surface area contributed by atoms with Crippen LogP contribution in [0.3, 0.4) is 0 Å². The van der Waals surface area contributed by atoms with Crippen LogP contribution in [0, 0.1) is 5.41 Å². The van der Waals surface area contributed by atoms with Crippen molar-refractivity contribution >= 4 is 11.9 Å². The molecular weight excluding hydrogens is 354 g/mol. The summed E-state index contributed by atoms with van der Waals surface area (Å²) in [7, 11) is 3.64. The Morgan fingerprint density at radius 1 is 1.18 bits per heavy atom. The number of aromatic nitrogens is 2. The molecule has 1 aliphatic rings. The van der Waals surface area contributed by atoms with Crippen molar-refractivity contribution < 1.29 is 9.59 Å². The van der Waals surface area contributed by atoms with Gasteiger partial charge >= 0.3 is 6.03 Å². The predicted octanol–water partition coefficient (Wildman–Crippen LogP) is 2.26. The molecule has 2 aromatic rings. The molecule has 1 aromatic carbocycles. The topological polar surface area (TPSA) is 79.3 Å². The zero-order chi connectivity index (χ0) is 20.5. The highest BCUT2D eigenvalue weighted by atomic mass is 16.2. The second kappa shape index (κ2) is 7.75. The van der Waals surface area contributed by atoms with Crippen molar-refractivity contribution in [1.29, 1.82) is 0 Å². The van der Waals surface area contributed by atoms with Gasteiger partial charge in [-0.2, -0.15) is 9.78 Å². The number of nitrogens with zero attached hydrogens (tertiary/aromatic N) is 3. The molecule has 7 heteroatoms. The Morgan fingerprint density at radius 2 is 1.86 bits per heavy atom. The Balaban J connectivity index is 2.00. The maximum atomic E-state index is 13.1. The molecule has 0 spiro atoms. The summed E-state index contributed by atoms with van der Waals surface area (Å²) in [5.74, 6) is -0.218. The first-order valence-electron chi connectivity index (χ1n) is 9.59. The average molecular weight is 383 g/mol. The number of hydrogen-bond acceptors (Lipinski definition) is 4. The number of carbonyl (C=O) groups excluding carboxylic acids is 2. The molecule has 2 N–H and O–H groups in total. The first-order chi connectivity index (χ1) is 13.2. The van der Waals surface area contributed by atoms with Gasteiger partial charge in [-0.3, -0.25) is 4.79 Å². The Kier molecular flexibility index (Phi) is 5.56. The van der Waals surface area contributed by atoms with E-state index in [-0.39, 0.29) is 11.9 Å². The van der Waals surface area contributed by atoms with E-state index in [1.807, 2.05) is 51.1 Å². The fourth-order valence-corrected chi connectivity index (χ4v) is 3.55. The van der Waals surface area contributed by atoms with Gasteiger partial charge in [0, 0.05) is 37.7 Å². The molecule has 0 bridgehead atoms. The summed E-state index contributed by atoms with van der Waals surface area (Å²) >= 11 is 0. The van der Waals surface area contributed by atoms with Crippen LogP contribution >= 0.6 is 0 Å². The lowest BCUT2D eigenvalue weighted by Gasteiger charge is -2.30. The van der Waals surface area contributed by atoms with Gasteiger partial charge in [0.1, 0.15) is 6.04 Å². The largest absolute Gasteiger partial charge is 0.357 e. The van der Waals surface area contributed by atoms with Crippen LogP contribution in [0.4, 0.5) is 4.79 Å². The molecule has 0 aliphatic carbocycles. The molecule has 28 heavy (non-hydrogen) atoms. The van der Waals surface area contributed by atoms with Crippen molar-refractivity contribution in [3.63, 3.8) is 0 Å². The maximum absolute atomic E-state index is 13.1. The predicted molar refractivity (Wildman–Crippen MR) is 109 cm³/mol. The number of amides is 2. The third-order valence-corrected chi connectivity index (χ3v) is 5.13. The molecule has 0 unspecified atom stereocenters. The summed E-state index contributed by atoms with van der Waals surface area (Å²) in [5, 5.41) is 10.2. The van der Waals surface area contributed by atoms with E-state index in [1.165, 1.54) is 4.68 Å². The molecule has 1 aliphatic heterocycles. The zero-order valence-corrected chi connectivity index (χ0v) is 17.2. The van der Waals surface area contributed by atoms with Gasteiger partial charge in [0.15, 0.2) is 0 Å². The van der Waals surface area contributed by atoms with Crippen LogP contribution in [0.5, 0.6) is 0 Å². The highest BCUT2D eigenvalue weighted by Crippen LogP contribution is 2.29. The highest BCUT2D eigenvalue weighted by Gasteiger charge is 2.34. The number of nitrogens with one attached hydrogen (secondary N) is 2. The van der Waals surface area contributed by atoms with Gasteiger partial charge in [0.05, 0.1) is 11.4 Å². The minimum absolute atomic E-state index is 0.218. The monoisotopic (exact) mass is 383 g/mol. The summed E-state index contributed by atoms with van der Waals surface area (Å²) in [6.07, 6.45) is 0.735. The highest BCUT2D eigenvalue weighted by molar-refractivity contribution is 5.88. The number of likely N-dealkylation sites (N-methyl/N-ethyl adjacent to an activating group) is 2. The molecule has 7 nitrogen and oxygen atoms in total. The molecule has 1 atom stereocenters. The molecule has 3 rings (SSSR count). The SMILES string of the molecule is CNC(=O)[C@@H](NC(=O)n1nc(-c2ccccc2)c2c1CCN(C)C2)C(C)(C)C. The summed E-state index contributed by atoms with van der Waals surface area (Å²) in [6, 6.07) is 8.87. The third kappa shape index (κ3) is 3.94. The minimum atomic E-state index is -0.656. The van der Waals surface area contributed by atoms with Crippen LogP contribution in [0.1, 0.15) is 32.0 Å². The van der Waals surface area contributed by atoms with E-state index < -0.39 is 11.5 Å². The number of benzene rings is 1. The zero-order valence-electron chi connectivity index (χ0n) is 17.2. The van der Waals surface area contributed by atoms with E-state index in [9.17, 15) is 9.59 Å². The van der Waals surface area contributed by atoms with Crippen molar-refractivity contribution in [3.05, 3.63) is 41.6 Å². The third-order valence-electron chi connectivity index (χ3n) is 5.13. The van der Waals surface area contributed by atoms with Crippen LogP contribution in [-0.4, -0.2) is 53.3 Å². The van der Waals surface area contributed by atoms with Gasteiger partial charge in [0.25, 0.3) is 0 Å². The van der Waals surface area contributed by atoms with E-state index in [1.54, 1.807) is 7.05 Å². The normalized spacial score (nSPS) is 15.6. The number of rotatable bonds is 3. The fourth-order valence-electron chi connectivity index (χ4n) is 3.55. The van der Waals surface area contributed by atoms with E-state index in [0.717, 1.165) is 42.0 Å². The van der Waals surface area contributed by atoms with Gasteiger partial charge in [-0.25, -0.2) is 4.79 Å². The lowest BCUT2D eigenvalue weighted by atomic mass is 9.86. The van der Waals surface area contributed by atoms with Gasteiger partial charge in [0.2, 0.25) is 5.91 Å². The molecular formula is C21H29N5O2. The van der Waals surface area contributed by atoms with Crippen LogP contribution in [0.25, 0.3) is 11.3 Å². The Bertz CT molecular complexity index is 867. The van der Waals surface area contributed by atoms with E-state index in [4.69, 9.17) is 0 Å². The number of hydrogen-bond donors (Lipinski definition) is 2. The number of carbonyl (C=O) groups is 2. The molecule has 2 amide bonds. The quantitative estimate of drug-likeness (QED) is 0.852. The average Bonchev–Trinajstić information content (AvgIpc) is 3.03. The molecule has 2 heterocycles. The molecule has 0 radical (unpaired) electrons. The van der Waals surface area contributed by atoms with Crippen molar-refractivity contribution in [2.75, 3.05) is 20.6 Å². The Labute approximate surface area is 166 Å². The standard InChI is InChI=1S/C21H29N5O2/c1-21(2,3)18(19(27)22-4)23-20(28)26-16-11-12-25(5)13-15(16)17(24-26)14-9-7-6-8-10-14/h6-10,18H,11-13H2,1-5H3,(H,22,27)(H,23,28)/t18-/m1/s1. The van der Waals surface area contributed by atoms with E-state index in [0.29, 0.717) is 0 Å². The summed E-state index contributed by atoms with van der Waals surface area (Å²) < 4.78 is 1.45. The number of fused-ring (bicyclic) bond motifs is 1. The lowest BCUT2D eigenvalue weighted by Crippen LogP contribution is -2.54. The van der Waals surface area contributed by atoms with Crippen LogP contribution in [0.15, 0.2) is 30.3 Å². The Hall–Kier alpha value is -2.67. The van der Waals surface area contributed by atoms with Crippen LogP contribution < -0.4 is 10.6 Å². The Morgan fingerprint density at radius 3 is 2.46 bits per heavy atom. The van der Waals surface area contributed by atoms with Gasteiger partial charge < -0.3 is 15.5 Å². The summed E-state index contributed by atoms with van der Waals surface area (Å²) in [4.78, 5) is 27.7. The molecule has 0 fully saturated rings. The van der Waals surface area contributed by atoms with Crippen LogP contribution in [-0.2, 0) is 17.8 Å². The molecule has 150 valence electrons. The van der Waals surface area contributed by atoms with Crippen molar-refractivity contribution in [2.24, 2.45) is 5.41 Å². The molecule has 1 aromatic heterocycles. The van der Waals surface area contributed by atoms with Crippen molar-refractivity contribution in [1.82, 2.24) is 25.3 Å². The second-order valence-electron chi connectivity index (χ2n) is 8.40. The van der Waals surface area contributed by atoms with Gasteiger partial charge in [-0.05, 0) is 12.5 Å². The smallest absolute Gasteiger partial charge is 0.343 e. The van der Waals surface area contributed by atoms with E-state index >= 15 is 0 Å². The van der Waals surface area contributed by atoms with Crippen LogP contribution in [0.2, 0.25) is 0 Å². The molecule has 0 saturated heterocycles. The van der Waals surface area contributed by atoms with Crippen molar-refractivity contribution in [3.8, 4) is 11.3 Å². The minimum Gasteiger partial charge on any atom is -0.357 e. The lowest BCUT2D eigenvalue weighted by molar-refractivity contribution is -0.124. The fraction of sp³-hybridized carbons (Fsp3) is 0.476. The first-order valence-corrected chi connectivity index (χ1v) is 9.59. The summed E-state index contributed by atoms with van der Waals surface area (Å²) in [6.45, 7) is 7.38. The summed E-state index contributed by atoms with van der Waals surface area (Å²) in [5.41, 5.74) is 3.37. The van der Waals surface area contributed by atoms with E-state index in [2.05, 4.69) is 27.7 Å². The first kappa shape index (κ1) is 20.1. The maximum Gasteiger partial charge on any atom is 0.343 e.